The van der Waals surface area contributed by atoms with Crippen molar-refractivity contribution in [3.05, 3.63) is 47.5 Å². The van der Waals surface area contributed by atoms with Gasteiger partial charge in [0.05, 0.1) is 6.61 Å². The summed E-state index contributed by atoms with van der Waals surface area (Å²) in [4.78, 5) is 11.2. The van der Waals surface area contributed by atoms with Crippen molar-refractivity contribution in [2.75, 3.05) is 6.61 Å². The minimum absolute atomic E-state index is 0.190. The van der Waals surface area contributed by atoms with Gasteiger partial charge in [0, 0.05) is 5.57 Å². The van der Waals surface area contributed by atoms with Crippen molar-refractivity contribution in [2.24, 2.45) is 0 Å². The lowest BCUT2D eigenvalue weighted by molar-refractivity contribution is -0.139. The van der Waals surface area contributed by atoms with Crippen molar-refractivity contribution in [1.82, 2.24) is 0 Å². The first-order valence-corrected chi connectivity index (χ1v) is 6.73. The Kier molecular flexibility index (Phi) is 5.34. The third kappa shape index (κ3) is 5.29. The molecule has 0 N–H and O–H groups in total. The van der Waals surface area contributed by atoms with E-state index in [0.29, 0.717) is 12.2 Å². The molecule has 0 amide bonds. The first-order chi connectivity index (χ1) is 8.80. The molecule has 0 unspecified atom stereocenters. The molecule has 1 aromatic rings. The van der Waals surface area contributed by atoms with E-state index in [-0.39, 0.29) is 11.4 Å². The quantitative estimate of drug-likeness (QED) is 0.454. The number of aryl methyl sites for hydroxylation is 1. The van der Waals surface area contributed by atoms with Crippen molar-refractivity contribution in [1.29, 1.82) is 0 Å². The summed E-state index contributed by atoms with van der Waals surface area (Å²) in [6.07, 6.45) is 1.77. The highest BCUT2D eigenvalue weighted by molar-refractivity contribution is 5.86. The predicted octanol–water partition coefficient (Wildman–Crippen LogP) is 4.04. The summed E-state index contributed by atoms with van der Waals surface area (Å²) in [5.41, 5.74) is 3.26. The van der Waals surface area contributed by atoms with Gasteiger partial charge in [0.25, 0.3) is 0 Å². The van der Waals surface area contributed by atoms with Crippen molar-refractivity contribution in [3.63, 3.8) is 0 Å². The fourth-order valence-corrected chi connectivity index (χ4v) is 1.74. The fourth-order valence-electron chi connectivity index (χ4n) is 1.74. The zero-order valence-electron chi connectivity index (χ0n) is 12.5. The average Bonchev–Trinajstić information content (AvgIpc) is 2.33. The number of benzene rings is 1. The van der Waals surface area contributed by atoms with Crippen LogP contribution in [0.1, 0.15) is 45.2 Å². The minimum atomic E-state index is -0.303. The van der Waals surface area contributed by atoms with E-state index in [1.807, 2.05) is 0 Å². The normalized spacial score (nSPS) is 11.2. The second-order valence-corrected chi connectivity index (χ2v) is 5.97. The van der Waals surface area contributed by atoms with Gasteiger partial charge in [0.15, 0.2) is 0 Å². The minimum Gasteiger partial charge on any atom is -0.462 e. The van der Waals surface area contributed by atoms with Crippen LogP contribution in [0.2, 0.25) is 0 Å². The highest BCUT2D eigenvalue weighted by Crippen LogP contribution is 2.22. The molecule has 2 heteroatoms. The van der Waals surface area contributed by atoms with E-state index in [1.165, 1.54) is 11.1 Å². The van der Waals surface area contributed by atoms with Crippen LogP contribution in [0.5, 0.6) is 0 Å². The zero-order chi connectivity index (χ0) is 14.5. The molecular formula is C17H24O2. The lowest BCUT2D eigenvalue weighted by atomic mass is 9.86. The molecule has 0 radical (unpaired) electrons. The van der Waals surface area contributed by atoms with Gasteiger partial charge in [0.2, 0.25) is 0 Å². The molecule has 0 fully saturated rings. The lowest BCUT2D eigenvalue weighted by Gasteiger charge is -2.19. The fraction of sp³-hybridized carbons (Fsp3) is 0.471. The summed E-state index contributed by atoms with van der Waals surface area (Å²) >= 11 is 0. The summed E-state index contributed by atoms with van der Waals surface area (Å²) in [6, 6.07) is 8.66. The molecule has 0 atom stereocenters. The molecular weight excluding hydrogens is 236 g/mol. The molecule has 1 rings (SSSR count). The van der Waals surface area contributed by atoms with Crippen molar-refractivity contribution >= 4 is 5.97 Å². The Hall–Kier alpha value is -1.57. The Bertz CT molecular complexity index is 435. The van der Waals surface area contributed by atoms with Crippen LogP contribution in [0, 0.1) is 0 Å². The van der Waals surface area contributed by atoms with E-state index < -0.39 is 0 Å². The summed E-state index contributed by atoms with van der Waals surface area (Å²) in [6.45, 7) is 12.3. The third-order valence-corrected chi connectivity index (χ3v) is 3.01. The van der Waals surface area contributed by atoms with E-state index in [2.05, 4.69) is 51.6 Å². The van der Waals surface area contributed by atoms with Crippen molar-refractivity contribution < 1.29 is 9.53 Å². The van der Waals surface area contributed by atoms with Gasteiger partial charge in [-0.2, -0.15) is 0 Å². The van der Waals surface area contributed by atoms with E-state index in [9.17, 15) is 4.79 Å². The number of carbonyl (C=O) groups excluding carboxylic acids is 1. The standard InChI is InChI=1S/C17H24O2/c1-13(2)16(18)19-12-6-7-14-8-10-15(11-9-14)17(3,4)5/h8-11H,1,6-7,12H2,2-5H3. The molecule has 1 aromatic carbocycles. The molecule has 2 nitrogen and oxygen atoms in total. The van der Waals surface area contributed by atoms with Crippen LogP contribution in [-0.4, -0.2) is 12.6 Å². The molecule has 0 aliphatic carbocycles. The monoisotopic (exact) mass is 260 g/mol. The Morgan fingerprint density at radius 2 is 1.79 bits per heavy atom. The highest BCUT2D eigenvalue weighted by atomic mass is 16.5. The largest absolute Gasteiger partial charge is 0.462 e. The molecule has 0 aliphatic heterocycles. The highest BCUT2D eigenvalue weighted by Gasteiger charge is 2.12. The second kappa shape index (κ2) is 6.55. The molecule has 0 aromatic heterocycles. The number of esters is 1. The van der Waals surface area contributed by atoms with Gasteiger partial charge in [0.1, 0.15) is 0 Å². The van der Waals surface area contributed by atoms with Gasteiger partial charge in [-0.25, -0.2) is 4.79 Å². The van der Waals surface area contributed by atoms with Gasteiger partial charge >= 0.3 is 5.97 Å². The van der Waals surface area contributed by atoms with Crippen LogP contribution in [0.4, 0.5) is 0 Å². The number of hydrogen-bond acceptors (Lipinski definition) is 2. The first kappa shape index (κ1) is 15.5. The Morgan fingerprint density at radius 1 is 1.21 bits per heavy atom. The lowest BCUT2D eigenvalue weighted by Crippen LogP contribution is -2.10. The van der Waals surface area contributed by atoms with Crippen LogP contribution in [-0.2, 0) is 21.4 Å². The van der Waals surface area contributed by atoms with Crippen LogP contribution < -0.4 is 0 Å². The number of rotatable bonds is 5. The molecule has 0 spiro atoms. The van der Waals surface area contributed by atoms with Crippen LogP contribution in [0.15, 0.2) is 36.4 Å². The Balaban J connectivity index is 2.39. The Labute approximate surface area is 116 Å². The maximum atomic E-state index is 11.2. The first-order valence-electron chi connectivity index (χ1n) is 6.73. The maximum Gasteiger partial charge on any atom is 0.333 e. The van der Waals surface area contributed by atoms with Gasteiger partial charge in [-0.05, 0) is 36.3 Å². The topological polar surface area (TPSA) is 26.3 Å². The molecule has 0 saturated carbocycles. The van der Waals surface area contributed by atoms with Gasteiger partial charge in [-0.15, -0.1) is 0 Å². The molecule has 0 aliphatic rings. The molecule has 0 saturated heterocycles. The third-order valence-electron chi connectivity index (χ3n) is 3.01. The van der Waals surface area contributed by atoms with Gasteiger partial charge in [-0.1, -0.05) is 51.6 Å². The number of ether oxygens (including phenoxy) is 1. The van der Waals surface area contributed by atoms with Crippen molar-refractivity contribution in [3.8, 4) is 0 Å². The van der Waals surface area contributed by atoms with Crippen LogP contribution in [0.3, 0.4) is 0 Å². The summed E-state index contributed by atoms with van der Waals surface area (Å²) in [7, 11) is 0. The van der Waals surface area contributed by atoms with E-state index in [4.69, 9.17) is 4.74 Å². The van der Waals surface area contributed by atoms with Crippen molar-refractivity contribution in [2.45, 2.75) is 46.0 Å². The molecule has 0 bridgehead atoms. The van der Waals surface area contributed by atoms with E-state index >= 15 is 0 Å². The maximum absolute atomic E-state index is 11.2. The second-order valence-electron chi connectivity index (χ2n) is 5.97. The number of carbonyl (C=O) groups is 1. The molecule has 0 heterocycles. The smallest absolute Gasteiger partial charge is 0.333 e. The SMILES string of the molecule is C=C(C)C(=O)OCCCc1ccc(C(C)(C)C)cc1. The summed E-state index contributed by atoms with van der Waals surface area (Å²) < 4.78 is 5.06. The van der Waals surface area contributed by atoms with Crippen LogP contribution in [0.25, 0.3) is 0 Å². The summed E-state index contributed by atoms with van der Waals surface area (Å²) in [5.74, 6) is -0.303. The zero-order valence-corrected chi connectivity index (χ0v) is 12.5. The number of hydrogen-bond donors (Lipinski definition) is 0. The predicted molar refractivity (Wildman–Crippen MR) is 79.2 cm³/mol. The Morgan fingerprint density at radius 3 is 2.26 bits per heavy atom. The average molecular weight is 260 g/mol. The van der Waals surface area contributed by atoms with E-state index in [0.717, 1.165) is 12.8 Å². The van der Waals surface area contributed by atoms with Gasteiger partial charge < -0.3 is 4.74 Å². The molecule has 19 heavy (non-hydrogen) atoms. The summed E-state index contributed by atoms with van der Waals surface area (Å²) in [5, 5.41) is 0. The van der Waals surface area contributed by atoms with Gasteiger partial charge in [-0.3, -0.25) is 0 Å². The van der Waals surface area contributed by atoms with Crippen LogP contribution >= 0.6 is 0 Å². The molecule has 104 valence electrons. The van der Waals surface area contributed by atoms with E-state index in [1.54, 1.807) is 6.92 Å².